The molecule has 0 aliphatic rings. The molecule has 0 radical (unpaired) electrons. The van der Waals surface area contributed by atoms with E-state index in [1.54, 1.807) is 26.1 Å². The Kier molecular flexibility index (Phi) is 4.43. The fourth-order valence-electron chi connectivity index (χ4n) is 1.29. The van der Waals surface area contributed by atoms with Crippen molar-refractivity contribution < 1.29 is 13.9 Å². The van der Waals surface area contributed by atoms with Crippen molar-refractivity contribution in [1.29, 1.82) is 0 Å². The van der Waals surface area contributed by atoms with Gasteiger partial charge in [0.1, 0.15) is 12.0 Å². The number of carbonyl (C=O) groups excluding carboxylic acids is 1. The second-order valence-electron chi connectivity index (χ2n) is 3.69. The van der Waals surface area contributed by atoms with E-state index in [2.05, 4.69) is 5.32 Å². The average molecular weight is 225 g/mol. The summed E-state index contributed by atoms with van der Waals surface area (Å²) in [5.74, 6) is -0.244. The van der Waals surface area contributed by atoms with E-state index in [0.717, 1.165) is 0 Å². The number of carbonyl (C=O) groups is 1. The van der Waals surface area contributed by atoms with Crippen molar-refractivity contribution in [3.05, 3.63) is 29.6 Å². The minimum atomic E-state index is -0.444. The highest BCUT2D eigenvalue weighted by molar-refractivity contribution is 5.78. The van der Waals surface area contributed by atoms with E-state index < -0.39 is 5.82 Å². The van der Waals surface area contributed by atoms with Crippen LogP contribution in [0.3, 0.4) is 0 Å². The summed E-state index contributed by atoms with van der Waals surface area (Å²) in [5, 5.41) is 2.84. The number of hydrogen-bond acceptors (Lipinski definition) is 3. The Morgan fingerprint density at radius 2 is 2.25 bits per heavy atom. The number of halogens is 1. The van der Waals surface area contributed by atoms with Gasteiger partial charge in [-0.1, -0.05) is 6.07 Å². The van der Waals surface area contributed by atoms with Crippen LogP contribution in [0.15, 0.2) is 18.2 Å². The van der Waals surface area contributed by atoms with Gasteiger partial charge in [0.2, 0.25) is 0 Å². The number of rotatable bonds is 5. The van der Waals surface area contributed by atoms with Crippen molar-refractivity contribution in [3.63, 3.8) is 0 Å². The lowest BCUT2D eigenvalue weighted by Gasteiger charge is -2.14. The molecule has 1 N–H and O–H groups in total. The van der Waals surface area contributed by atoms with Crippen molar-refractivity contribution in [2.45, 2.75) is 26.5 Å². The zero-order chi connectivity index (χ0) is 12.1. The molecule has 1 aromatic rings. The Bertz CT molecular complexity index is 379. The molecule has 3 nitrogen and oxygen atoms in total. The van der Waals surface area contributed by atoms with Crippen LogP contribution >= 0.6 is 0 Å². The maximum Gasteiger partial charge on any atom is 0.165 e. The van der Waals surface area contributed by atoms with Crippen molar-refractivity contribution >= 4 is 5.78 Å². The Labute approximate surface area is 94.6 Å². The second kappa shape index (κ2) is 5.61. The molecule has 1 rings (SSSR count). The Morgan fingerprint density at radius 1 is 1.56 bits per heavy atom. The van der Waals surface area contributed by atoms with Crippen LogP contribution in [-0.4, -0.2) is 19.1 Å². The molecule has 0 aliphatic heterocycles. The third-order valence-electron chi connectivity index (χ3n) is 2.16. The topological polar surface area (TPSA) is 38.3 Å². The van der Waals surface area contributed by atoms with Gasteiger partial charge in [-0.3, -0.25) is 10.1 Å². The summed E-state index contributed by atoms with van der Waals surface area (Å²) in [4.78, 5) is 10.9. The summed E-state index contributed by atoms with van der Waals surface area (Å²) in [6, 6.07) is 4.57. The molecule has 0 saturated heterocycles. The number of Topliss-reactive ketones (excluding diaryl/α,β-unsaturated/α-hetero) is 1. The van der Waals surface area contributed by atoms with E-state index in [4.69, 9.17) is 4.74 Å². The zero-order valence-electron chi connectivity index (χ0n) is 9.71. The van der Waals surface area contributed by atoms with Crippen molar-refractivity contribution in [3.8, 4) is 5.75 Å². The normalized spacial score (nSPS) is 12.2. The van der Waals surface area contributed by atoms with Crippen LogP contribution in [0.4, 0.5) is 4.39 Å². The lowest BCUT2D eigenvalue weighted by Crippen LogP contribution is -2.27. The minimum Gasteiger partial charge on any atom is -0.473 e. The molecule has 1 unspecified atom stereocenters. The molecule has 1 atom stereocenters. The lowest BCUT2D eigenvalue weighted by atomic mass is 10.1. The molecule has 4 heteroatoms. The van der Waals surface area contributed by atoms with Crippen LogP contribution in [0.25, 0.3) is 0 Å². The van der Waals surface area contributed by atoms with E-state index >= 15 is 0 Å². The maximum absolute atomic E-state index is 13.5. The molecule has 0 fully saturated rings. The van der Waals surface area contributed by atoms with Crippen LogP contribution in [-0.2, 0) is 11.2 Å². The number of hydrogen-bond donors (Lipinski definition) is 1. The van der Waals surface area contributed by atoms with E-state index in [1.165, 1.54) is 13.0 Å². The van der Waals surface area contributed by atoms with Crippen molar-refractivity contribution in [2.24, 2.45) is 0 Å². The fourth-order valence-corrected chi connectivity index (χ4v) is 1.29. The monoisotopic (exact) mass is 225 g/mol. The first-order chi connectivity index (χ1) is 7.52. The predicted molar refractivity (Wildman–Crippen MR) is 59.9 cm³/mol. The molecule has 0 spiro atoms. The standard InChI is InChI=1S/C12H16FNO2/c1-8(15)6-10-4-5-12(11(13)7-10)16-9(2)14-3/h4-5,7,9,14H,6H2,1-3H3. The van der Waals surface area contributed by atoms with Gasteiger partial charge < -0.3 is 4.74 Å². The molecule has 0 amide bonds. The summed E-state index contributed by atoms with van der Waals surface area (Å²) < 4.78 is 18.8. The van der Waals surface area contributed by atoms with E-state index in [-0.39, 0.29) is 24.2 Å². The van der Waals surface area contributed by atoms with E-state index in [1.807, 2.05) is 0 Å². The number of ketones is 1. The van der Waals surface area contributed by atoms with Crippen LogP contribution in [0.5, 0.6) is 5.75 Å². The van der Waals surface area contributed by atoms with Gasteiger partial charge in [-0.25, -0.2) is 4.39 Å². The molecule has 0 saturated carbocycles. The quantitative estimate of drug-likeness (QED) is 0.778. The SMILES string of the molecule is CNC(C)Oc1ccc(CC(C)=O)cc1F. The zero-order valence-corrected chi connectivity index (χ0v) is 9.71. The number of nitrogens with one attached hydrogen (secondary N) is 1. The van der Waals surface area contributed by atoms with E-state index in [9.17, 15) is 9.18 Å². The highest BCUT2D eigenvalue weighted by atomic mass is 19.1. The summed E-state index contributed by atoms with van der Waals surface area (Å²) in [7, 11) is 1.73. The predicted octanol–water partition coefficient (Wildman–Crippen LogP) is 1.90. The molecule has 0 aromatic heterocycles. The molecule has 0 heterocycles. The van der Waals surface area contributed by atoms with Gasteiger partial charge in [-0.2, -0.15) is 0 Å². The van der Waals surface area contributed by atoms with Crippen molar-refractivity contribution in [1.82, 2.24) is 5.32 Å². The van der Waals surface area contributed by atoms with Gasteiger partial charge in [-0.15, -0.1) is 0 Å². The average Bonchev–Trinajstić information content (AvgIpc) is 2.21. The number of ether oxygens (including phenoxy) is 1. The summed E-state index contributed by atoms with van der Waals surface area (Å²) in [6.07, 6.45) is -0.00755. The molecular formula is C12H16FNO2. The number of benzene rings is 1. The molecule has 0 aliphatic carbocycles. The summed E-state index contributed by atoms with van der Waals surface area (Å²) in [6.45, 7) is 3.26. The van der Waals surface area contributed by atoms with Gasteiger partial charge >= 0.3 is 0 Å². The Hall–Kier alpha value is -1.42. The van der Waals surface area contributed by atoms with Crippen LogP contribution < -0.4 is 10.1 Å². The fraction of sp³-hybridized carbons (Fsp3) is 0.417. The third kappa shape index (κ3) is 3.62. The van der Waals surface area contributed by atoms with Gasteiger partial charge in [0.15, 0.2) is 11.6 Å². The largest absolute Gasteiger partial charge is 0.473 e. The van der Waals surface area contributed by atoms with E-state index in [0.29, 0.717) is 5.56 Å². The Balaban J connectivity index is 2.79. The lowest BCUT2D eigenvalue weighted by molar-refractivity contribution is -0.116. The van der Waals surface area contributed by atoms with Gasteiger partial charge in [0, 0.05) is 6.42 Å². The Morgan fingerprint density at radius 3 is 2.75 bits per heavy atom. The third-order valence-corrected chi connectivity index (χ3v) is 2.16. The summed E-state index contributed by atoms with van der Waals surface area (Å²) >= 11 is 0. The highest BCUT2D eigenvalue weighted by Crippen LogP contribution is 2.19. The first-order valence-electron chi connectivity index (χ1n) is 5.14. The molecule has 16 heavy (non-hydrogen) atoms. The van der Waals surface area contributed by atoms with Crippen molar-refractivity contribution in [2.75, 3.05) is 7.05 Å². The highest BCUT2D eigenvalue weighted by Gasteiger charge is 2.08. The first-order valence-corrected chi connectivity index (χ1v) is 5.14. The van der Waals surface area contributed by atoms with Gasteiger partial charge in [0.05, 0.1) is 0 Å². The van der Waals surface area contributed by atoms with Gasteiger partial charge in [0.25, 0.3) is 0 Å². The smallest absolute Gasteiger partial charge is 0.165 e. The van der Waals surface area contributed by atoms with Crippen LogP contribution in [0.2, 0.25) is 0 Å². The molecule has 1 aromatic carbocycles. The summed E-state index contributed by atoms with van der Waals surface area (Å²) in [5.41, 5.74) is 0.662. The van der Waals surface area contributed by atoms with Crippen LogP contribution in [0.1, 0.15) is 19.4 Å². The molecule has 0 bridgehead atoms. The second-order valence-corrected chi connectivity index (χ2v) is 3.69. The molecular weight excluding hydrogens is 209 g/mol. The van der Waals surface area contributed by atoms with Gasteiger partial charge in [-0.05, 0) is 38.6 Å². The molecule has 88 valence electrons. The first kappa shape index (κ1) is 12.6. The maximum atomic E-state index is 13.5. The van der Waals surface area contributed by atoms with Crippen LogP contribution in [0, 0.1) is 5.82 Å². The minimum absolute atomic E-state index is 0.0108.